The topological polar surface area (TPSA) is 96.7 Å². The summed E-state index contributed by atoms with van der Waals surface area (Å²) in [4.78, 5) is 27.1. The van der Waals surface area contributed by atoms with Crippen LogP contribution in [0.2, 0.25) is 0 Å². The molecule has 1 aromatic heterocycles. The van der Waals surface area contributed by atoms with Gasteiger partial charge in [0.25, 0.3) is 12.0 Å². The third kappa shape index (κ3) is 3.56. The highest BCUT2D eigenvalue weighted by Gasteiger charge is 2.11. The molecule has 3 rings (SSSR count). The summed E-state index contributed by atoms with van der Waals surface area (Å²) in [7, 11) is 0. The minimum absolute atomic E-state index is 0.0346. The van der Waals surface area contributed by atoms with E-state index in [-0.39, 0.29) is 23.6 Å². The third-order valence-corrected chi connectivity index (χ3v) is 3.82. The van der Waals surface area contributed by atoms with Crippen LogP contribution in [0.3, 0.4) is 0 Å². The van der Waals surface area contributed by atoms with Crippen molar-refractivity contribution in [3.8, 4) is 11.4 Å². The van der Waals surface area contributed by atoms with Crippen LogP contribution in [-0.2, 0) is 16.1 Å². The quantitative estimate of drug-likeness (QED) is 0.527. The van der Waals surface area contributed by atoms with Crippen molar-refractivity contribution in [2.75, 3.05) is 0 Å². The van der Waals surface area contributed by atoms with E-state index in [1.54, 1.807) is 19.1 Å². The zero-order valence-corrected chi connectivity index (χ0v) is 14.0. The van der Waals surface area contributed by atoms with Crippen molar-refractivity contribution in [1.82, 2.24) is 9.78 Å². The van der Waals surface area contributed by atoms with E-state index in [0.29, 0.717) is 23.3 Å². The summed E-state index contributed by atoms with van der Waals surface area (Å²) in [5, 5.41) is 13.0. The molecule has 0 saturated carbocycles. The van der Waals surface area contributed by atoms with Gasteiger partial charge in [0, 0.05) is 11.9 Å². The molecule has 7 nitrogen and oxygen atoms in total. The van der Waals surface area contributed by atoms with Gasteiger partial charge >= 0.3 is 0 Å². The molecule has 0 aliphatic carbocycles. The lowest BCUT2D eigenvalue weighted by atomic mass is 10.2. The summed E-state index contributed by atoms with van der Waals surface area (Å²) in [6, 6.07) is 13.9. The van der Waals surface area contributed by atoms with E-state index in [4.69, 9.17) is 4.74 Å². The number of aromatic hydroxyl groups is 1. The molecule has 2 aromatic carbocycles. The molecule has 0 fully saturated rings. The lowest BCUT2D eigenvalue weighted by Crippen LogP contribution is -2.17. The number of carbonyl (C=O) groups excluding carboxylic acids is 1. The molecule has 7 heteroatoms. The Morgan fingerprint density at radius 2 is 2.00 bits per heavy atom. The fraction of sp³-hybridized carbons (Fsp3) is 0.105. The standard InChI is InChI=1S/C19H17N3O4/c1-13-16(19(25)22(21-13)15-5-3-2-4-6-15)10-20-17-9-14(11-26-12-23)7-8-18(17)24/h2-10,12,21,24H,11H2,1H3. The molecule has 0 amide bonds. The molecule has 26 heavy (non-hydrogen) atoms. The van der Waals surface area contributed by atoms with Crippen LogP contribution in [0, 0.1) is 6.92 Å². The van der Waals surface area contributed by atoms with Gasteiger partial charge in [0.15, 0.2) is 0 Å². The van der Waals surface area contributed by atoms with E-state index >= 15 is 0 Å². The minimum Gasteiger partial charge on any atom is -0.506 e. The Balaban J connectivity index is 1.93. The van der Waals surface area contributed by atoms with Crippen molar-refractivity contribution in [3.63, 3.8) is 0 Å². The summed E-state index contributed by atoms with van der Waals surface area (Å²) in [5.41, 5.74) is 2.48. The van der Waals surface area contributed by atoms with Gasteiger partial charge < -0.3 is 9.84 Å². The number of para-hydroxylation sites is 1. The van der Waals surface area contributed by atoms with Crippen LogP contribution in [-0.4, -0.2) is 27.6 Å². The number of aliphatic imine (C=N–C) groups is 1. The van der Waals surface area contributed by atoms with Crippen LogP contribution in [0.15, 0.2) is 58.3 Å². The van der Waals surface area contributed by atoms with E-state index < -0.39 is 0 Å². The molecule has 2 N–H and O–H groups in total. The smallest absolute Gasteiger partial charge is 0.293 e. The average Bonchev–Trinajstić information content (AvgIpc) is 2.94. The Labute approximate surface area is 149 Å². The predicted octanol–water partition coefficient (Wildman–Crippen LogP) is 2.60. The second-order valence-corrected chi connectivity index (χ2v) is 5.62. The van der Waals surface area contributed by atoms with Crippen molar-refractivity contribution >= 4 is 18.4 Å². The molecule has 0 spiro atoms. The maximum absolute atomic E-state index is 12.6. The van der Waals surface area contributed by atoms with Crippen molar-refractivity contribution < 1.29 is 14.6 Å². The molecule has 0 atom stereocenters. The highest BCUT2D eigenvalue weighted by atomic mass is 16.5. The van der Waals surface area contributed by atoms with E-state index in [0.717, 1.165) is 5.69 Å². The van der Waals surface area contributed by atoms with E-state index in [9.17, 15) is 14.7 Å². The maximum Gasteiger partial charge on any atom is 0.293 e. The number of phenolic OH excluding ortho intramolecular Hbond substituents is 1. The first-order chi connectivity index (χ1) is 12.6. The summed E-state index contributed by atoms with van der Waals surface area (Å²) < 4.78 is 6.13. The van der Waals surface area contributed by atoms with Crippen molar-refractivity contribution in [2.24, 2.45) is 4.99 Å². The normalized spacial score (nSPS) is 11.0. The molecule has 0 bridgehead atoms. The highest BCUT2D eigenvalue weighted by molar-refractivity contribution is 5.83. The Kier molecular flexibility index (Phi) is 4.98. The first-order valence-electron chi connectivity index (χ1n) is 7.88. The van der Waals surface area contributed by atoms with Crippen molar-refractivity contribution in [1.29, 1.82) is 0 Å². The number of aromatic nitrogens is 2. The number of rotatable bonds is 6. The van der Waals surface area contributed by atoms with Crippen LogP contribution in [0.4, 0.5) is 5.69 Å². The van der Waals surface area contributed by atoms with Crippen LogP contribution in [0.25, 0.3) is 5.69 Å². The Morgan fingerprint density at radius 3 is 2.73 bits per heavy atom. The van der Waals surface area contributed by atoms with Gasteiger partial charge in [-0.25, -0.2) is 4.68 Å². The molecule has 0 aliphatic heterocycles. The minimum atomic E-state index is -0.239. The second kappa shape index (κ2) is 7.52. The fourth-order valence-electron chi connectivity index (χ4n) is 2.50. The third-order valence-electron chi connectivity index (χ3n) is 3.82. The summed E-state index contributed by atoms with van der Waals surface area (Å²) >= 11 is 0. The van der Waals surface area contributed by atoms with Gasteiger partial charge in [0.2, 0.25) is 0 Å². The van der Waals surface area contributed by atoms with Crippen LogP contribution < -0.4 is 5.56 Å². The number of aryl methyl sites for hydroxylation is 1. The van der Waals surface area contributed by atoms with Gasteiger partial charge in [0.05, 0.1) is 11.3 Å². The molecular weight excluding hydrogens is 334 g/mol. The lowest BCUT2D eigenvalue weighted by Gasteiger charge is -2.03. The van der Waals surface area contributed by atoms with Crippen LogP contribution in [0.1, 0.15) is 16.8 Å². The fourth-order valence-corrected chi connectivity index (χ4v) is 2.50. The number of nitrogens with zero attached hydrogens (tertiary/aromatic N) is 2. The van der Waals surface area contributed by atoms with Gasteiger partial charge in [-0.1, -0.05) is 24.3 Å². The number of carbonyl (C=O) groups is 1. The Bertz CT molecular complexity index is 1000. The first kappa shape index (κ1) is 17.2. The first-order valence-corrected chi connectivity index (χ1v) is 7.88. The largest absolute Gasteiger partial charge is 0.506 e. The number of benzene rings is 2. The van der Waals surface area contributed by atoms with Gasteiger partial charge in [0.1, 0.15) is 18.0 Å². The number of hydrogen-bond donors (Lipinski definition) is 2. The Hall–Kier alpha value is -3.61. The van der Waals surface area contributed by atoms with Gasteiger partial charge in [-0.2, -0.15) is 0 Å². The molecule has 0 aliphatic rings. The van der Waals surface area contributed by atoms with E-state index in [1.165, 1.54) is 17.0 Å². The molecule has 0 radical (unpaired) electrons. The van der Waals surface area contributed by atoms with Crippen molar-refractivity contribution in [3.05, 3.63) is 75.7 Å². The Morgan fingerprint density at radius 1 is 1.23 bits per heavy atom. The predicted molar refractivity (Wildman–Crippen MR) is 97.3 cm³/mol. The monoisotopic (exact) mass is 351 g/mol. The molecule has 3 aromatic rings. The van der Waals surface area contributed by atoms with Crippen LogP contribution >= 0.6 is 0 Å². The number of nitrogens with one attached hydrogen (secondary N) is 1. The average molecular weight is 351 g/mol. The highest BCUT2D eigenvalue weighted by Crippen LogP contribution is 2.27. The van der Waals surface area contributed by atoms with Crippen LogP contribution in [0.5, 0.6) is 5.75 Å². The zero-order valence-electron chi connectivity index (χ0n) is 14.0. The van der Waals surface area contributed by atoms with E-state index in [2.05, 4.69) is 10.1 Å². The number of H-pyrrole nitrogens is 1. The molecule has 0 saturated heterocycles. The number of aromatic amines is 1. The van der Waals surface area contributed by atoms with Gasteiger partial charge in [-0.3, -0.25) is 19.7 Å². The molecule has 1 heterocycles. The SMILES string of the molecule is Cc1[nH]n(-c2ccccc2)c(=O)c1C=Nc1cc(COC=O)ccc1O. The molecule has 0 unspecified atom stereocenters. The second-order valence-electron chi connectivity index (χ2n) is 5.62. The number of phenols is 1. The molecular formula is C19H17N3O4. The molecule has 132 valence electrons. The van der Waals surface area contributed by atoms with Crippen molar-refractivity contribution in [2.45, 2.75) is 13.5 Å². The summed E-state index contributed by atoms with van der Waals surface area (Å²) in [5.74, 6) is -0.0346. The number of ether oxygens (including phenoxy) is 1. The van der Waals surface area contributed by atoms with E-state index in [1.807, 2.05) is 30.3 Å². The summed E-state index contributed by atoms with van der Waals surface area (Å²) in [6.45, 7) is 2.21. The van der Waals surface area contributed by atoms with Gasteiger partial charge in [-0.15, -0.1) is 0 Å². The zero-order chi connectivity index (χ0) is 18.5. The maximum atomic E-state index is 12.6. The van der Waals surface area contributed by atoms with Gasteiger partial charge in [-0.05, 0) is 36.8 Å². The lowest BCUT2D eigenvalue weighted by molar-refractivity contribution is -0.129. The number of hydrogen-bond acceptors (Lipinski definition) is 5. The summed E-state index contributed by atoms with van der Waals surface area (Å²) in [6.07, 6.45) is 1.41.